The molecular formula is C18H22O5S. The highest BCUT2D eigenvalue weighted by Gasteiger charge is 2.20. The van der Waals surface area contributed by atoms with Crippen molar-refractivity contribution in [1.82, 2.24) is 0 Å². The molecule has 0 aliphatic carbocycles. The molecule has 2 rings (SSSR count). The van der Waals surface area contributed by atoms with Crippen LogP contribution in [0.4, 0.5) is 0 Å². The van der Waals surface area contributed by atoms with Crippen molar-refractivity contribution in [3.05, 3.63) is 48.0 Å². The van der Waals surface area contributed by atoms with E-state index in [9.17, 15) is 8.42 Å². The molecule has 2 aromatic rings. The van der Waals surface area contributed by atoms with Crippen molar-refractivity contribution >= 4 is 10.1 Å². The zero-order valence-electron chi connectivity index (χ0n) is 14.5. The van der Waals surface area contributed by atoms with Gasteiger partial charge in [-0.2, -0.15) is 8.42 Å². The Labute approximate surface area is 143 Å². The molecular weight excluding hydrogens is 328 g/mol. The zero-order chi connectivity index (χ0) is 18.0. The lowest BCUT2D eigenvalue weighted by molar-refractivity contribution is 0.353. The Morgan fingerprint density at radius 1 is 0.833 bits per heavy atom. The van der Waals surface area contributed by atoms with Gasteiger partial charge in [-0.3, -0.25) is 0 Å². The van der Waals surface area contributed by atoms with Crippen LogP contribution in [-0.2, 0) is 15.5 Å². The van der Waals surface area contributed by atoms with Gasteiger partial charge in [0.25, 0.3) is 0 Å². The van der Waals surface area contributed by atoms with E-state index in [1.807, 2.05) is 12.1 Å². The summed E-state index contributed by atoms with van der Waals surface area (Å²) in [5.74, 6) is 1.04. The van der Waals surface area contributed by atoms with Crippen LogP contribution in [0.2, 0.25) is 0 Å². The third kappa shape index (κ3) is 4.00. The molecule has 0 saturated heterocycles. The highest BCUT2D eigenvalue weighted by molar-refractivity contribution is 7.87. The Hall–Kier alpha value is -2.21. The van der Waals surface area contributed by atoms with Crippen LogP contribution in [-0.4, -0.2) is 22.6 Å². The van der Waals surface area contributed by atoms with Crippen LogP contribution in [0.15, 0.2) is 47.4 Å². The topological polar surface area (TPSA) is 61.8 Å². The summed E-state index contributed by atoms with van der Waals surface area (Å²) in [4.78, 5) is 0.0000444. The minimum atomic E-state index is -3.95. The van der Waals surface area contributed by atoms with Crippen LogP contribution in [0.3, 0.4) is 0 Å². The Morgan fingerprint density at radius 2 is 1.42 bits per heavy atom. The van der Waals surface area contributed by atoms with Crippen molar-refractivity contribution in [3.63, 3.8) is 0 Å². The number of rotatable bonds is 5. The molecule has 6 heteroatoms. The second-order valence-corrected chi connectivity index (χ2v) is 7.87. The molecule has 0 aromatic heterocycles. The van der Waals surface area contributed by atoms with Crippen molar-refractivity contribution in [2.75, 3.05) is 14.2 Å². The quantitative estimate of drug-likeness (QED) is 0.768. The van der Waals surface area contributed by atoms with Gasteiger partial charge in [-0.15, -0.1) is 0 Å². The molecule has 0 saturated carbocycles. The number of hydrogen-bond donors (Lipinski definition) is 0. The maximum atomic E-state index is 12.4. The first-order valence-electron chi connectivity index (χ1n) is 7.44. The Bertz CT molecular complexity index is 802. The van der Waals surface area contributed by atoms with E-state index in [4.69, 9.17) is 13.7 Å². The normalized spacial score (nSPS) is 11.9. The van der Waals surface area contributed by atoms with Gasteiger partial charge in [-0.25, -0.2) is 0 Å². The van der Waals surface area contributed by atoms with Crippen molar-refractivity contribution in [2.24, 2.45) is 0 Å². The van der Waals surface area contributed by atoms with Gasteiger partial charge in [0.1, 0.15) is 10.6 Å². The van der Waals surface area contributed by atoms with Gasteiger partial charge in [0, 0.05) is 6.07 Å². The molecule has 130 valence electrons. The van der Waals surface area contributed by atoms with E-state index in [0.29, 0.717) is 11.5 Å². The van der Waals surface area contributed by atoms with Crippen molar-refractivity contribution in [1.29, 1.82) is 0 Å². The number of methoxy groups -OCH3 is 2. The molecule has 0 bridgehead atoms. The standard InChI is InChI=1S/C18H22O5S/c1-18(2,3)13-6-8-14(9-7-13)23-24(19,20)15-10-11-16(21-4)17(12-15)22-5/h6-12H,1-5H3. The fourth-order valence-electron chi connectivity index (χ4n) is 2.16. The molecule has 0 spiro atoms. The smallest absolute Gasteiger partial charge is 0.339 e. The minimum Gasteiger partial charge on any atom is -0.493 e. The molecule has 24 heavy (non-hydrogen) atoms. The lowest BCUT2D eigenvalue weighted by atomic mass is 9.87. The first-order valence-corrected chi connectivity index (χ1v) is 8.85. The molecule has 0 amide bonds. The van der Waals surface area contributed by atoms with Crippen LogP contribution in [0.1, 0.15) is 26.3 Å². The van der Waals surface area contributed by atoms with Crippen LogP contribution < -0.4 is 13.7 Å². The third-order valence-corrected chi connectivity index (χ3v) is 4.81. The van der Waals surface area contributed by atoms with E-state index < -0.39 is 10.1 Å². The van der Waals surface area contributed by atoms with Gasteiger partial charge >= 0.3 is 10.1 Å². The second kappa shape index (κ2) is 6.73. The Morgan fingerprint density at radius 3 is 1.92 bits per heavy atom. The first-order chi connectivity index (χ1) is 11.2. The van der Waals surface area contributed by atoms with Gasteiger partial charge in [0.15, 0.2) is 11.5 Å². The highest BCUT2D eigenvalue weighted by atomic mass is 32.2. The Balaban J connectivity index is 2.28. The summed E-state index contributed by atoms with van der Waals surface area (Å²) in [5, 5.41) is 0. The molecule has 0 fully saturated rings. The maximum absolute atomic E-state index is 12.4. The summed E-state index contributed by atoms with van der Waals surface area (Å²) in [6.45, 7) is 6.26. The first kappa shape index (κ1) is 18.1. The highest BCUT2D eigenvalue weighted by Crippen LogP contribution is 2.31. The van der Waals surface area contributed by atoms with Gasteiger partial charge in [-0.1, -0.05) is 32.9 Å². The van der Waals surface area contributed by atoms with Crippen LogP contribution >= 0.6 is 0 Å². The van der Waals surface area contributed by atoms with Gasteiger partial charge in [0.2, 0.25) is 0 Å². The minimum absolute atomic E-state index is 0.0000444. The number of hydrogen-bond acceptors (Lipinski definition) is 5. The summed E-state index contributed by atoms with van der Waals surface area (Å²) >= 11 is 0. The average molecular weight is 350 g/mol. The average Bonchev–Trinajstić information content (AvgIpc) is 2.53. The van der Waals surface area contributed by atoms with Gasteiger partial charge in [-0.05, 0) is 35.2 Å². The fourth-order valence-corrected chi connectivity index (χ4v) is 3.10. The van der Waals surface area contributed by atoms with E-state index in [1.54, 1.807) is 12.1 Å². The lowest BCUT2D eigenvalue weighted by Crippen LogP contribution is -2.12. The summed E-state index contributed by atoms with van der Waals surface area (Å²) < 4.78 is 40.3. The molecule has 0 heterocycles. The largest absolute Gasteiger partial charge is 0.493 e. The van der Waals surface area contributed by atoms with Gasteiger partial charge in [0.05, 0.1) is 14.2 Å². The van der Waals surface area contributed by atoms with Crippen molar-refractivity contribution in [3.8, 4) is 17.2 Å². The molecule has 2 aromatic carbocycles. The van der Waals surface area contributed by atoms with E-state index >= 15 is 0 Å². The van der Waals surface area contributed by atoms with Crippen LogP contribution in [0.25, 0.3) is 0 Å². The van der Waals surface area contributed by atoms with Gasteiger partial charge < -0.3 is 13.7 Å². The van der Waals surface area contributed by atoms with E-state index in [0.717, 1.165) is 5.56 Å². The molecule has 0 radical (unpaired) electrons. The summed E-state index contributed by atoms with van der Waals surface area (Å²) in [7, 11) is -1.02. The zero-order valence-corrected chi connectivity index (χ0v) is 15.3. The molecule has 0 N–H and O–H groups in total. The third-order valence-electron chi connectivity index (χ3n) is 3.57. The fraction of sp³-hybridized carbons (Fsp3) is 0.333. The number of benzene rings is 2. The summed E-state index contributed by atoms with van der Waals surface area (Å²) in [6, 6.07) is 11.3. The molecule has 5 nitrogen and oxygen atoms in total. The summed E-state index contributed by atoms with van der Waals surface area (Å²) in [6.07, 6.45) is 0. The van der Waals surface area contributed by atoms with E-state index in [1.165, 1.54) is 32.4 Å². The maximum Gasteiger partial charge on any atom is 0.339 e. The molecule has 0 aliphatic rings. The van der Waals surface area contributed by atoms with E-state index in [2.05, 4.69) is 20.8 Å². The molecule has 0 atom stereocenters. The predicted molar refractivity (Wildman–Crippen MR) is 92.5 cm³/mol. The molecule has 0 aliphatic heterocycles. The van der Waals surface area contributed by atoms with Crippen LogP contribution in [0, 0.1) is 0 Å². The predicted octanol–water partition coefficient (Wildman–Crippen LogP) is 3.77. The lowest BCUT2D eigenvalue weighted by Gasteiger charge is -2.19. The van der Waals surface area contributed by atoms with Crippen molar-refractivity contribution < 1.29 is 22.1 Å². The molecule has 0 unspecified atom stereocenters. The van der Waals surface area contributed by atoms with Crippen LogP contribution in [0.5, 0.6) is 17.2 Å². The van der Waals surface area contributed by atoms with Crippen molar-refractivity contribution in [2.45, 2.75) is 31.1 Å². The number of ether oxygens (including phenoxy) is 2. The Kier molecular flexibility index (Phi) is 5.08. The van der Waals surface area contributed by atoms with E-state index in [-0.39, 0.29) is 16.1 Å². The monoisotopic (exact) mass is 350 g/mol. The summed E-state index contributed by atoms with van der Waals surface area (Å²) in [5.41, 5.74) is 1.08. The second-order valence-electron chi connectivity index (χ2n) is 6.33. The SMILES string of the molecule is COc1ccc(S(=O)(=O)Oc2ccc(C(C)(C)C)cc2)cc1OC.